The lowest BCUT2D eigenvalue weighted by Gasteiger charge is -2.23. The van der Waals surface area contributed by atoms with E-state index in [1.807, 2.05) is 37.3 Å². The number of benzene rings is 1. The van der Waals surface area contributed by atoms with Gasteiger partial charge in [-0.3, -0.25) is 14.9 Å². The summed E-state index contributed by atoms with van der Waals surface area (Å²) in [5, 5.41) is 5.25. The summed E-state index contributed by atoms with van der Waals surface area (Å²) in [5.41, 5.74) is 1.77. The van der Waals surface area contributed by atoms with Crippen molar-refractivity contribution in [2.45, 2.75) is 139 Å². The van der Waals surface area contributed by atoms with Gasteiger partial charge in [0.2, 0.25) is 3.79 Å². The predicted octanol–water partition coefficient (Wildman–Crippen LogP) is 9.71. The third-order valence-corrected chi connectivity index (χ3v) is 8.39. The number of alkyl halides is 3. The number of aromatic nitrogens is 1. The average molecular weight is 771 g/mol. The van der Waals surface area contributed by atoms with E-state index in [9.17, 15) is 19.2 Å². The number of anilines is 1. The third kappa shape index (κ3) is 22.5. The molecule has 51 heavy (non-hydrogen) atoms. The molecule has 0 bridgehead atoms. The van der Waals surface area contributed by atoms with E-state index in [-0.39, 0.29) is 32.3 Å². The summed E-state index contributed by atoms with van der Waals surface area (Å²) in [7, 11) is 0. The molecule has 1 heterocycles. The summed E-state index contributed by atoms with van der Waals surface area (Å²) in [5.74, 6) is -1.58. The van der Waals surface area contributed by atoms with E-state index in [1.54, 1.807) is 18.3 Å². The van der Waals surface area contributed by atoms with Gasteiger partial charge in [0, 0.05) is 12.6 Å². The lowest BCUT2D eigenvalue weighted by Crippen LogP contribution is -2.45. The number of unbranched alkanes of at least 4 members (excludes halogenated alkanes) is 10. The lowest BCUT2D eigenvalue weighted by molar-refractivity contribution is -0.157. The Morgan fingerprint density at radius 2 is 1.43 bits per heavy atom. The van der Waals surface area contributed by atoms with E-state index < -0.39 is 46.5 Å². The Labute approximate surface area is 318 Å². The minimum atomic E-state index is -1.78. The fourth-order valence-electron chi connectivity index (χ4n) is 5.25. The molecule has 0 aliphatic carbocycles. The Kier molecular flexibility index (Phi) is 22.3. The summed E-state index contributed by atoms with van der Waals surface area (Å²) < 4.78 is 14.5. The SMILES string of the molecule is CCCCCCCCCCCCC[C@@H](CC(=O)OCC(Cl)(Cl)Cl)OC(=O)[C@H](CCCC(=O)OCc1ccccc1)NC(=O)Nc1ccc(C)cn1. The molecule has 2 N–H and O–H groups in total. The molecule has 2 amide bonds. The molecule has 13 heteroatoms. The van der Waals surface area contributed by atoms with Gasteiger partial charge >= 0.3 is 23.9 Å². The molecule has 0 saturated carbocycles. The lowest BCUT2D eigenvalue weighted by atomic mass is 10.0. The first-order valence-electron chi connectivity index (χ1n) is 18.1. The van der Waals surface area contributed by atoms with Gasteiger partial charge in [-0.1, -0.05) is 142 Å². The van der Waals surface area contributed by atoms with Crippen molar-refractivity contribution >= 4 is 64.6 Å². The standard InChI is InChI=1S/C38H54Cl3N3O7/c1-3-4-5-6-7-8-9-10-11-12-16-20-31(25-35(46)50-28-38(39,40)41)51-36(47)32(43-37(48)44-33-24-23-29(2)26-42-33)21-17-22-34(45)49-27-30-18-14-13-15-19-30/h13-15,18-19,23-24,26,31-32H,3-12,16-17,20-22,25,27-28H2,1-2H3,(H2,42,43,44,48)/t31-,32-/m0/s1. The van der Waals surface area contributed by atoms with Gasteiger partial charge < -0.3 is 19.5 Å². The number of urea groups is 1. The van der Waals surface area contributed by atoms with Crippen molar-refractivity contribution in [3.05, 3.63) is 59.8 Å². The second-order valence-electron chi connectivity index (χ2n) is 12.8. The first-order chi connectivity index (χ1) is 24.4. The molecule has 0 spiro atoms. The molecule has 1 aromatic heterocycles. The number of nitrogens with zero attached hydrogens (tertiary/aromatic N) is 1. The van der Waals surface area contributed by atoms with E-state index in [4.69, 9.17) is 49.0 Å². The summed E-state index contributed by atoms with van der Waals surface area (Å²) in [6.45, 7) is 3.76. The molecule has 2 atom stereocenters. The maximum absolute atomic E-state index is 13.6. The van der Waals surface area contributed by atoms with Crippen LogP contribution in [0, 0.1) is 6.92 Å². The van der Waals surface area contributed by atoms with E-state index in [1.165, 1.54) is 44.9 Å². The van der Waals surface area contributed by atoms with Crippen molar-refractivity contribution in [2.75, 3.05) is 11.9 Å². The van der Waals surface area contributed by atoms with Crippen molar-refractivity contribution in [3.8, 4) is 0 Å². The highest BCUT2D eigenvalue weighted by Crippen LogP contribution is 2.26. The first kappa shape index (κ1) is 44.1. The van der Waals surface area contributed by atoms with Crippen LogP contribution in [0.15, 0.2) is 48.7 Å². The van der Waals surface area contributed by atoms with Crippen molar-refractivity contribution in [1.82, 2.24) is 10.3 Å². The van der Waals surface area contributed by atoms with E-state index in [0.717, 1.165) is 36.8 Å². The quantitative estimate of drug-likeness (QED) is 0.0442. The summed E-state index contributed by atoms with van der Waals surface area (Å²) in [6.07, 6.45) is 13.8. The highest BCUT2D eigenvalue weighted by Gasteiger charge is 2.28. The van der Waals surface area contributed by atoms with Crippen molar-refractivity contribution in [1.29, 1.82) is 0 Å². The van der Waals surface area contributed by atoms with Crippen molar-refractivity contribution in [3.63, 3.8) is 0 Å². The minimum Gasteiger partial charge on any atom is -0.461 e. The van der Waals surface area contributed by atoms with Crippen LogP contribution in [0.4, 0.5) is 10.6 Å². The number of hydrogen-bond acceptors (Lipinski definition) is 8. The molecule has 0 radical (unpaired) electrons. The largest absolute Gasteiger partial charge is 0.461 e. The first-order valence-corrected chi connectivity index (χ1v) is 19.2. The molecule has 0 aliphatic heterocycles. The van der Waals surface area contributed by atoms with Gasteiger partial charge in [-0.05, 0) is 49.8 Å². The van der Waals surface area contributed by atoms with E-state index in [0.29, 0.717) is 12.2 Å². The number of rotatable bonds is 25. The average Bonchev–Trinajstić information content (AvgIpc) is 3.09. The number of carbonyl (C=O) groups excluding carboxylic acids is 4. The number of carbonyl (C=O) groups is 4. The Morgan fingerprint density at radius 3 is 2.04 bits per heavy atom. The highest BCUT2D eigenvalue weighted by molar-refractivity contribution is 6.67. The summed E-state index contributed by atoms with van der Waals surface area (Å²) in [4.78, 5) is 55.7. The molecule has 2 rings (SSSR count). The second kappa shape index (κ2) is 25.8. The van der Waals surface area contributed by atoms with Crippen LogP contribution in [0.2, 0.25) is 0 Å². The number of halogens is 3. The maximum Gasteiger partial charge on any atom is 0.328 e. The number of aryl methyl sites for hydroxylation is 1. The van der Waals surface area contributed by atoms with Crippen molar-refractivity contribution in [2.24, 2.45) is 0 Å². The molecular formula is C38H54Cl3N3O7. The van der Waals surface area contributed by atoms with E-state index >= 15 is 0 Å². The van der Waals surface area contributed by atoms with Gasteiger partial charge in [0.15, 0.2) is 0 Å². The van der Waals surface area contributed by atoms with Crippen LogP contribution in [0.1, 0.15) is 121 Å². The summed E-state index contributed by atoms with van der Waals surface area (Å²) >= 11 is 17.2. The molecule has 0 unspecified atom stereocenters. The van der Waals surface area contributed by atoms with Gasteiger partial charge in [0.1, 0.15) is 31.2 Å². The molecule has 0 fully saturated rings. The zero-order valence-corrected chi connectivity index (χ0v) is 32.2. The number of amides is 2. The van der Waals surface area contributed by atoms with Crippen LogP contribution in [-0.4, -0.2) is 51.5 Å². The highest BCUT2D eigenvalue weighted by atomic mass is 35.6. The van der Waals surface area contributed by atoms with Gasteiger partial charge in [-0.2, -0.15) is 0 Å². The van der Waals surface area contributed by atoms with Gasteiger partial charge in [-0.25, -0.2) is 14.6 Å². The third-order valence-electron chi connectivity index (χ3n) is 8.06. The Bertz CT molecular complexity index is 1290. The summed E-state index contributed by atoms with van der Waals surface area (Å²) in [6, 6.07) is 10.9. The number of nitrogens with one attached hydrogen (secondary N) is 2. The molecule has 0 aliphatic rings. The number of hydrogen-bond donors (Lipinski definition) is 2. The monoisotopic (exact) mass is 769 g/mol. The predicted molar refractivity (Wildman–Crippen MR) is 202 cm³/mol. The van der Waals surface area contributed by atoms with Crippen molar-refractivity contribution < 1.29 is 33.4 Å². The minimum absolute atomic E-state index is 0.0188. The van der Waals surface area contributed by atoms with Crippen LogP contribution >= 0.6 is 34.8 Å². The van der Waals surface area contributed by atoms with Crippen LogP contribution < -0.4 is 10.6 Å². The Balaban J connectivity index is 2.00. The zero-order chi connectivity index (χ0) is 37.3. The number of pyridine rings is 1. The van der Waals surface area contributed by atoms with Crippen LogP contribution in [0.25, 0.3) is 0 Å². The topological polar surface area (TPSA) is 133 Å². The molecule has 1 aromatic carbocycles. The van der Waals surface area contributed by atoms with E-state index in [2.05, 4.69) is 22.5 Å². The second-order valence-corrected chi connectivity index (χ2v) is 15.3. The molecule has 0 saturated heterocycles. The molecule has 2 aromatic rings. The normalized spacial score (nSPS) is 12.4. The molecule has 10 nitrogen and oxygen atoms in total. The molecule has 284 valence electrons. The molecular weight excluding hydrogens is 717 g/mol. The number of esters is 3. The van der Waals surface area contributed by atoms with Gasteiger partial charge in [0.25, 0.3) is 0 Å². The smallest absolute Gasteiger partial charge is 0.328 e. The van der Waals surface area contributed by atoms with Gasteiger partial charge in [0.05, 0.1) is 6.42 Å². The maximum atomic E-state index is 13.6. The van der Waals surface area contributed by atoms with Crippen LogP contribution in [0.5, 0.6) is 0 Å². The number of ether oxygens (including phenoxy) is 3. The van der Waals surface area contributed by atoms with Gasteiger partial charge in [-0.15, -0.1) is 0 Å². The zero-order valence-electron chi connectivity index (χ0n) is 29.9. The Morgan fingerprint density at radius 1 is 0.784 bits per heavy atom. The Hall–Kier alpha value is -3.08. The fourth-order valence-corrected chi connectivity index (χ4v) is 5.42. The van der Waals surface area contributed by atoms with Crippen LogP contribution in [0.3, 0.4) is 0 Å². The fraction of sp³-hybridized carbons (Fsp3) is 0.605. The van der Waals surface area contributed by atoms with Crippen LogP contribution in [-0.2, 0) is 35.2 Å².